The molecule has 772 valence electrons. The molecule has 149 heavy (non-hydrogen) atoms. The first-order valence-corrected chi connectivity index (χ1v) is 49.7. The summed E-state index contributed by atoms with van der Waals surface area (Å²) in [5, 5.41) is 0. The lowest BCUT2D eigenvalue weighted by Gasteiger charge is -2.29. The van der Waals surface area contributed by atoms with Crippen LogP contribution in [0.2, 0.25) is 0 Å². The van der Waals surface area contributed by atoms with Crippen LogP contribution in [-0.4, -0.2) is 159 Å². The number of carbonyl (C=O) groups is 12. The van der Waals surface area contributed by atoms with Crippen molar-refractivity contribution in [1.29, 1.82) is 0 Å². The van der Waals surface area contributed by atoms with E-state index in [4.69, 9.17) is 37.9 Å². The van der Waals surface area contributed by atoms with Crippen LogP contribution in [0.4, 0.5) is 0 Å². The molecule has 8 heterocycles. The minimum absolute atomic E-state index is 0.00158. The highest BCUT2D eigenvalue weighted by Gasteiger charge is 2.45. The van der Waals surface area contributed by atoms with Crippen molar-refractivity contribution in [2.24, 2.45) is 35.5 Å². The lowest BCUT2D eigenvalue weighted by atomic mass is 9.84. The Kier molecular flexibility index (Phi) is 39.2. The van der Waals surface area contributed by atoms with Gasteiger partial charge in [-0.2, -0.15) is 0 Å². The molecule has 0 N–H and O–H groups in total. The van der Waals surface area contributed by atoms with Crippen LogP contribution in [0.1, 0.15) is 277 Å². The molecule has 14 atom stereocenters. The van der Waals surface area contributed by atoms with E-state index >= 15 is 0 Å². The van der Waals surface area contributed by atoms with E-state index in [2.05, 4.69) is 29.9 Å². The van der Waals surface area contributed by atoms with Gasteiger partial charge in [-0.25, -0.2) is 58.7 Å². The number of benzene rings is 7. The third-order valence-electron chi connectivity index (χ3n) is 27.0. The highest BCUT2D eigenvalue weighted by Crippen LogP contribution is 2.38. The normalized spacial score (nSPS) is 17.8. The molecule has 18 rings (SSSR count). The molecule has 3 aliphatic carbocycles. The van der Waals surface area contributed by atoms with Gasteiger partial charge in [-0.15, -0.1) is 0 Å². The zero-order chi connectivity index (χ0) is 106. The number of carbonyl (C=O) groups excluding carboxylic acids is 12. The topological polar surface area (TPSA) is 386 Å². The fraction of sp³-hybridized carbons (Fsp3) is 0.316. The summed E-state index contributed by atoms with van der Waals surface area (Å²) in [6.07, 6.45) is 36.4. The molecule has 0 spiro atoms. The van der Waals surface area contributed by atoms with E-state index in [-0.39, 0.29) is 131 Å². The van der Waals surface area contributed by atoms with Gasteiger partial charge in [-0.1, -0.05) is 201 Å². The first-order chi connectivity index (χ1) is 72.0. The standard InChI is InChI=1S/C21H22N2O4.C20H20N2O4.C20H24N2O3.C20H18N2O3.C19H22N2O3.C17H18N2O3/c1-15(17-6-4-3-5-7-17)23-14-22-12-20(23)21(25)27-13-19(16(2)24)18-8-10-26-11-9-18;1-14(16-6-4-3-5-7-16)22-13-21-12-18(22)20(24)26-19(15(2)23)17-8-10-25-11-9-17;2*1-14(16-8-4-3-5-9-16)22-13-21-12-18(22)20(24)25-19-11-7-6-10-17(19)15(2)23;1-13(15-7-4-3-5-8-15)21-12-20-11-17(21)19(23)24-18-10-6-9-16(18)14(2)22;1-11(13-6-4-3-5-7-13)19-10-18-9-15(19)17(21)22-16-8-14(16)12(2)20/h3-12,14-15,18-19H,13H2,1-2H3;3-14,17,19H,1-2H3;3-5,8-9,12-14,17,19H,6-7,10-11H2,1-2H3;3-14H,1-2H3;3-5,7-8,11-13,16,18H,6,9-10H2,1-2H3;3-7,9-11,14,16H,8H2,1-2H3/t15-,19?;14-,19?;14-,17?,19?;14-;13-,16?,18?;11-,14?,16?/m111111/s1. The molecule has 0 saturated heterocycles. The molecule has 32 heteroatoms. The molecule has 13 aromatic rings. The van der Waals surface area contributed by atoms with Gasteiger partial charge in [0.2, 0.25) is 0 Å². The Labute approximate surface area is 865 Å². The highest BCUT2D eigenvalue weighted by atomic mass is 16.6. The maximum atomic E-state index is 12.7. The Morgan fingerprint density at radius 1 is 0.315 bits per heavy atom. The third-order valence-corrected chi connectivity index (χ3v) is 27.0. The van der Waals surface area contributed by atoms with E-state index in [1.165, 1.54) is 89.9 Å². The summed E-state index contributed by atoms with van der Waals surface area (Å²) >= 11 is 0. The average molecular weight is 2020 g/mol. The van der Waals surface area contributed by atoms with Crippen molar-refractivity contribution in [2.75, 3.05) is 6.61 Å². The summed E-state index contributed by atoms with van der Waals surface area (Å²) in [7, 11) is 0. The van der Waals surface area contributed by atoms with Gasteiger partial charge >= 0.3 is 35.8 Å². The average Bonchev–Trinajstić information content (AvgIpc) is 1.66. The van der Waals surface area contributed by atoms with Crippen LogP contribution in [0.3, 0.4) is 0 Å². The van der Waals surface area contributed by atoms with Gasteiger partial charge in [-0.3, -0.25) is 28.8 Å². The Bertz CT molecular complexity index is 6820. The number of hydrogen-bond donors (Lipinski definition) is 0. The zero-order valence-electron chi connectivity index (χ0n) is 85.3. The van der Waals surface area contributed by atoms with Gasteiger partial charge in [0.25, 0.3) is 0 Å². The lowest BCUT2D eigenvalue weighted by molar-refractivity contribution is -0.127. The maximum absolute atomic E-state index is 12.7. The van der Waals surface area contributed by atoms with Gasteiger partial charge in [0.05, 0.1) is 166 Å². The molecular formula is C117H124N12O20. The van der Waals surface area contributed by atoms with Crippen LogP contribution < -0.4 is 4.74 Å². The molecular weight excluding hydrogens is 1890 g/mol. The van der Waals surface area contributed by atoms with Crippen LogP contribution >= 0.6 is 0 Å². The van der Waals surface area contributed by atoms with Crippen molar-refractivity contribution in [3.63, 3.8) is 0 Å². The van der Waals surface area contributed by atoms with Gasteiger partial charge in [0, 0.05) is 11.8 Å². The quantitative estimate of drug-likeness (QED) is 0.0159. The first kappa shape index (κ1) is 109. The molecule has 6 aromatic heterocycles. The number of rotatable bonds is 33. The van der Waals surface area contributed by atoms with Crippen molar-refractivity contribution in [2.45, 2.75) is 195 Å². The molecule has 32 nitrogen and oxygen atoms in total. The van der Waals surface area contributed by atoms with E-state index in [9.17, 15) is 57.5 Å². The number of ketones is 6. The predicted octanol–water partition coefficient (Wildman–Crippen LogP) is 20.6. The number of esters is 6. The summed E-state index contributed by atoms with van der Waals surface area (Å²) in [5.41, 5.74) is 9.02. The van der Waals surface area contributed by atoms with Crippen LogP contribution in [0.25, 0.3) is 0 Å². The SMILES string of the molecule is CC(=O)C(COC(=O)c1cncn1[C@H](C)c1ccccc1)C1C=COC=C1.CC(=O)C(OC(=O)c1cncn1[C@H](C)c1ccccc1)C1C=COC=C1.CC(=O)C1CC1OC(=O)c1cncn1[C@H](C)c1ccccc1.CC(=O)C1CCCC1OC(=O)c1cncn1[C@H](C)c1ccccc1.CC(=O)C1CCCCC1OC(=O)c1cncn1[C@H](C)c1ccccc1.CC(=O)c1ccccc1OC(=O)c1cncn1[C@H](C)c1ccccc1. The number of aromatic nitrogens is 12. The number of hydrogen-bond acceptors (Lipinski definition) is 26. The van der Waals surface area contributed by atoms with E-state index in [0.29, 0.717) is 46.1 Å². The fourth-order valence-electron chi connectivity index (χ4n) is 18.1. The molecule has 2 aliphatic heterocycles. The molecule has 7 aromatic carbocycles. The molecule has 5 aliphatic rings. The second-order valence-corrected chi connectivity index (χ2v) is 37.0. The number of imidazole rings is 6. The summed E-state index contributed by atoms with van der Waals surface area (Å²) in [6.45, 7) is 21.0. The number of nitrogens with zero attached hydrogens (tertiary/aromatic N) is 12. The van der Waals surface area contributed by atoms with Gasteiger partial charge in [0.15, 0.2) is 17.7 Å². The summed E-state index contributed by atoms with van der Waals surface area (Å²) in [4.78, 5) is 170. The number of allylic oxidation sites excluding steroid dienone is 2. The lowest BCUT2D eigenvalue weighted by Crippen LogP contribution is -2.34. The van der Waals surface area contributed by atoms with Crippen LogP contribution in [0, 0.1) is 35.5 Å². The second-order valence-electron chi connectivity index (χ2n) is 37.0. The Hall–Kier alpha value is -16.8. The predicted molar refractivity (Wildman–Crippen MR) is 553 cm³/mol. The molecule has 0 radical (unpaired) electrons. The van der Waals surface area contributed by atoms with Crippen LogP contribution in [0.5, 0.6) is 5.75 Å². The van der Waals surface area contributed by atoms with E-state index < -0.39 is 47.8 Å². The number of ether oxygens (including phenoxy) is 8. The molecule has 8 unspecified atom stereocenters. The summed E-state index contributed by atoms with van der Waals surface area (Å²) < 4.78 is 53.9. The van der Waals surface area contributed by atoms with Crippen molar-refractivity contribution in [1.82, 2.24) is 57.3 Å². The van der Waals surface area contributed by atoms with Crippen molar-refractivity contribution in [3.05, 3.63) is 404 Å². The Morgan fingerprint density at radius 2 is 0.604 bits per heavy atom. The Balaban J connectivity index is 0.000000149. The van der Waals surface area contributed by atoms with Gasteiger partial charge < -0.3 is 65.3 Å². The number of Topliss-reactive ketones (excluding diaryl/α,β-unsaturated/α-hetero) is 6. The van der Waals surface area contributed by atoms with Crippen molar-refractivity contribution in [3.8, 4) is 5.75 Å². The molecule has 0 bridgehead atoms. The summed E-state index contributed by atoms with van der Waals surface area (Å²) in [6, 6.07) is 65.6. The van der Waals surface area contributed by atoms with Crippen LogP contribution in [0.15, 0.2) is 331 Å². The van der Waals surface area contributed by atoms with Gasteiger partial charge in [0.1, 0.15) is 88.0 Å². The monoisotopic (exact) mass is 2020 g/mol. The second kappa shape index (κ2) is 53.3. The molecule has 0 amide bonds. The van der Waals surface area contributed by atoms with Crippen LogP contribution in [-0.2, 0) is 57.1 Å². The van der Waals surface area contributed by atoms with E-state index in [1.807, 2.05) is 233 Å². The maximum Gasteiger partial charge on any atom is 0.362 e. The first-order valence-electron chi connectivity index (χ1n) is 49.7. The minimum Gasteiger partial charge on any atom is -0.473 e. The minimum atomic E-state index is -0.908. The fourth-order valence-corrected chi connectivity index (χ4v) is 18.1. The van der Waals surface area contributed by atoms with Crippen molar-refractivity contribution >= 4 is 70.5 Å². The third kappa shape index (κ3) is 29.1. The largest absolute Gasteiger partial charge is 0.473 e. The highest BCUT2D eigenvalue weighted by molar-refractivity contribution is 5.99. The van der Waals surface area contributed by atoms with E-state index in [0.717, 1.165) is 78.3 Å². The number of para-hydroxylation sites is 1. The summed E-state index contributed by atoms with van der Waals surface area (Å²) in [5.74, 6) is -4.23. The zero-order valence-corrected chi connectivity index (χ0v) is 85.3. The Morgan fingerprint density at radius 3 is 0.926 bits per heavy atom. The smallest absolute Gasteiger partial charge is 0.362 e. The van der Waals surface area contributed by atoms with Gasteiger partial charge in [-0.05, 0) is 198 Å². The van der Waals surface area contributed by atoms with E-state index in [1.54, 1.807) is 119 Å². The molecule has 3 fully saturated rings. The van der Waals surface area contributed by atoms with Crippen molar-refractivity contribution < 1.29 is 95.4 Å². The molecule has 3 saturated carbocycles.